The first-order chi connectivity index (χ1) is 12.1. The van der Waals surface area contributed by atoms with Crippen LogP contribution in [0.3, 0.4) is 0 Å². The number of anilines is 1. The number of hydrogen-bond acceptors (Lipinski definition) is 2. The van der Waals surface area contributed by atoms with Crippen LogP contribution in [0, 0.1) is 23.7 Å². The van der Waals surface area contributed by atoms with E-state index in [2.05, 4.69) is 0 Å². The molecule has 2 fully saturated rings. The molecule has 7 heteroatoms. The molecular formula is C19H15ClF3NO2. The fraction of sp³-hybridized carbons (Fsp3) is 0.368. The summed E-state index contributed by atoms with van der Waals surface area (Å²) < 4.78 is 39.1. The van der Waals surface area contributed by atoms with Crippen molar-refractivity contribution in [3.63, 3.8) is 0 Å². The third-order valence-electron chi connectivity index (χ3n) is 5.51. The number of amides is 2. The molecule has 1 saturated heterocycles. The fourth-order valence-corrected chi connectivity index (χ4v) is 4.73. The lowest BCUT2D eigenvalue weighted by Gasteiger charge is -2.21. The number of halogens is 4. The van der Waals surface area contributed by atoms with Crippen LogP contribution in [0.25, 0.3) is 0 Å². The Morgan fingerprint density at radius 3 is 2.04 bits per heavy atom. The van der Waals surface area contributed by atoms with Crippen molar-refractivity contribution in [2.75, 3.05) is 4.90 Å². The summed E-state index contributed by atoms with van der Waals surface area (Å²) in [7, 11) is 0. The van der Waals surface area contributed by atoms with Gasteiger partial charge in [0.15, 0.2) is 0 Å². The van der Waals surface area contributed by atoms with Gasteiger partial charge in [-0.05, 0) is 32.0 Å². The van der Waals surface area contributed by atoms with E-state index < -0.39 is 35.4 Å². The molecule has 4 atom stereocenters. The second kappa shape index (κ2) is 5.46. The van der Waals surface area contributed by atoms with Crippen LogP contribution in [0.1, 0.15) is 19.4 Å². The Kier molecular flexibility index (Phi) is 3.64. The van der Waals surface area contributed by atoms with Gasteiger partial charge in [-0.3, -0.25) is 9.59 Å². The minimum atomic E-state index is -4.59. The summed E-state index contributed by atoms with van der Waals surface area (Å²) >= 11 is 6.04. The minimum absolute atomic E-state index is 0.0533. The van der Waals surface area contributed by atoms with E-state index in [4.69, 9.17) is 11.6 Å². The van der Waals surface area contributed by atoms with Crippen LogP contribution in [0.4, 0.5) is 18.9 Å². The van der Waals surface area contributed by atoms with Gasteiger partial charge in [0.05, 0.1) is 28.1 Å². The summed E-state index contributed by atoms with van der Waals surface area (Å²) in [6.07, 6.45) is -0.732. The molecular weight excluding hydrogens is 367 g/mol. The number of alkyl halides is 3. The Balaban J connectivity index is 1.78. The van der Waals surface area contributed by atoms with Crippen molar-refractivity contribution < 1.29 is 22.8 Å². The number of carbonyl (C=O) groups excluding carboxylic acids is 2. The number of allylic oxidation sites excluding steroid dienone is 4. The first-order valence-electron chi connectivity index (χ1n) is 8.23. The first kappa shape index (κ1) is 17.3. The Labute approximate surface area is 153 Å². The standard InChI is InChI=1S/C19H15ClF3NO2/c1-8(2)14-10-4-5-11(14)16-15(10)17(25)24(18(16)26)13-7-9(19(21,22)23)3-6-12(13)20/h3-7,10-11,15-16H,1-2H3/t10-,11-,15-,16-/m0/s1. The van der Waals surface area contributed by atoms with Gasteiger partial charge in [-0.1, -0.05) is 34.9 Å². The van der Waals surface area contributed by atoms with E-state index in [0.717, 1.165) is 34.2 Å². The topological polar surface area (TPSA) is 37.4 Å². The second-order valence-electron chi connectivity index (χ2n) is 7.12. The Bertz CT molecular complexity index is 865. The smallest absolute Gasteiger partial charge is 0.274 e. The molecule has 26 heavy (non-hydrogen) atoms. The minimum Gasteiger partial charge on any atom is -0.274 e. The molecule has 1 aromatic carbocycles. The maximum atomic E-state index is 13.0. The number of rotatable bonds is 1. The van der Waals surface area contributed by atoms with Crippen LogP contribution < -0.4 is 4.90 Å². The predicted molar refractivity (Wildman–Crippen MR) is 90.4 cm³/mol. The van der Waals surface area contributed by atoms with Gasteiger partial charge in [-0.15, -0.1) is 0 Å². The molecule has 0 aromatic heterocycles. The van der Waals surface area contributed by atoms with Gasteiger partial charge >= 0.3 is 6.18 Å². The fourth-order valence-electron chi connectivity index (χ4n) is 4.53. The SMILES string of the molecule is CC(C)=C1[C@@H]2C=C[C@@H]1[C@@H]1C(=O)N(c3cc(C(F)(F)F)ccc3Cl)C(=O)[C@H]12. The summed E-state index contributed by atoms with van der Waals surface area (Å²) in [4.78, 5) is 26.8. The Morgan fingerprint density at radius 2 is 1.58 bits per heavy atom. The van der Waals surface area contributed by atoms with Gasteiger partial charge < -0.3 is 0 Å². The first-order valence-corrected chi connectivity index (χ1v) is 8.61. The molecule has 1 aliphatic heterocycles. The van der Waals surface area contributed by atoms with E-state index in [9.17, 15) is 22.8 Å². The molecule has 4 rings (SSSR count). The van der Waals surface area contributed by atoms with E-state index in [1.165, 1.54) is 0 Å². The van der Waals surface area contributed by atoms with Crippen molar-refractivity contribution in [2.24, 2.45) is 23.7 Å². The van der Waals surface area contributed by atoms with Gasteiger partial charge in [0, 0.05) is 11.8 Å². The molecule has 0 unspecified atom stereocenters. The van der Waals surface area contributed by atoms with E-state index >= 15 is 0 Å². The summed E-state index contributed by atoms with van der Waals surface area (Å²) in [5.74, 6) is -2.41. The van der Waals surface area contributed by atoms with Crippen LogP contribution in [0.15, 0.2) is 41.5 Å². The van der Waals surface area contributed by atoms with E-state index in [0.29, 0.717) is 0 Å². The largest absolute Gasteiger partial charge is 0.416 e. The van der Waals surface area contributed by atoms with Crippen LogP contribution in [0.2, 0.25) is 5.02 Å². The molecule has 1 heterocycles. The lowest BCUT2D eigenvalue weighted by molar-refractivity contribution is -0.137. The average molecular weight is 382 g/mol. The molecule has 3 nitrogen and oxygen atoms in total. The highest BCUT2D eigenvalue weighted by Gasteiger charge is 2.62. The van der Waals surface area contributed by atoms with Gasteiger partial charge in [-0.25, -0.2) is 4.90 Å². The highest BCUT2D eigenvalue weighted by atomic mass is 35.5. The van der Waals surface area contributed by atoms with Crippen molar-refractivity contribution in [3.8, 4) is 0 Å². The van der Waals surface area contributed by atoms with Crippen molar-refractivity contribution in [3.05, 3.63) is 52.1 Å². The summed E-state index contributed by atoms with van der Waals surface area (Å²) in [6, 6.07) is 2.68. The quantitative estimate of drug-likeness (QED) is 0.526. The highest BCUT2D eigenvalue weighted by molar-refractivity contribution is 6.36. The molecule has 136 valence electrons. The molecule has 0 radical (unpaired) electrons. The lowest BCUT2D eigenvalue weighted by Crippen LogP contribution is -2.33. The number of imide groups is 1. The van der Waals surface area contributed by atoms with E-state index in [1.807, 2.05) is 26.0 Å². The summed E-state index contributed by atoms with van der Waals surface area (Å²) in [5, 5.41) is -0.0533. The number of hydrogen-bond donors (Lipinski definition) is 0. The molecule has 2 amide bonds. The molecule has 1 aromatic rings. The van der Waals surface area contributed by atoms with Gasteiger partial charge in [0.2, 0.25) is 11.8 Å². The van der Waals surface area contributed by atoms with Crippen LogP contribution in [-0.4, -0.2) is 11.8 Å². The van der Waals surface area contributed by atoms with Gasteiger partial charge in [0.1, 0.15) is 0 Å². The van der Waals surface area contributed by atoms with Gasteiger partial charge in [0.25, 0.3) is 0 Å². The third-order valence-corrected chi connectivity index (χ3v) is 5.83. The van der Waals surface area contributed by atoms with Gasteiger partial charge in [-0.2, -0.15) is 13.2 Å². The summed E-state index contributed by atoms with van der Waals surface area (Å²) in [5.41, 5.74) is 1.02. The van der Waals surface area contributed by atoms with Crippen LogP contribution in [0.5, 0.6) is 0 Å². The zero-order chi connectivity index (χ0) is 19.0. The number of nitrogens with zero attached hydrogens (tertiary/aromatic N) is 1. The zero-order valence-electron chi connectivity index (χ0n) is 14.0. The molecule has 2 bridgehead atoms. The molecule has 2 aliphatic carbocycles. The highest BCUT2D eigenvalue weighted by Crippen LogP contribution is 2.57. The lowest BCUT2D eigenvalue weighted by atomic mass is 9.85. The Hall–Kier alpha value is -2.08. The number of carbonyl (C=O) groups is 2. The molecule has 0 spiro atoms. The maximum absolute atomic E-state index is 13.0. The summed E-state index contributed by atoms with van der Waals surface area (Å²) in [6.45, 7) is 3.89. The predicted octanol–water partition coefficient (Wildman–Crippen LogP) is 4.62. The molecule has 0 N–H and O–H groups in total. The van der Waals surface area contributed by atoms with Crippen molar-refractivity contribution >= 4 is 29.1 Å². The maximum Gasteiger partial charge on any atom is 0.416 e. The third kappa shape index (κ3) is 2.21. The Morgan fingerprint density at radius 1 is 1.04 bits per heavy atom. The van der Waals surface area contributed by atoms with Crippen LogP contribution >= 0.6 is 11.6 Å². The molecule has 3 aliphatic rings. The second-order valence-corrected chi connectivity index (χ2v) is 7.53. The van der Waals surface area contributed by atoms with Crippen molar-refractivity contribution in [1.29, 1.82) is 0 Å². The monoisotopic (exact) mass is 381 g/mol. The zero-order valence-corrected chi connectivity index (χ0v) is 14.7. The van der Waals surface area contributed by atoms with Crippen molar-refractivity contribution in [2.45, 2.75) is 20.0 Å². The van der Waals surface area contributed by atoms with E-state index in [1.54, 1.807) is 0 Å². The normalized spacial score (nSPS) is 29.8. The van der Waals surface area contributed by atoms with Crippen molar-refractivity contribution in [1.82, 2.24) is 0 Å². The number of benzene rings is 1. The average Bonchev–Trinajstić information content (AvgIpc) is 3.18. The molecule has 1 saturated carbocycles. The van der Waals surface area contributed by atoms with Crippen LogP contribution in [-0.2, 0) is 15.8 Å². The number of fused-ring (bicyclic) bond motifs is 5. The van der Waals surface area contributed by atoms with E-state index in [-0.39, 0.29) is 22.5 Å².